The summed E-state index contributed by atoms with van der Waals surface area (Å²) in [5.74, 6) is 0.368. The maximum absolute atomic E-state index is 13.9. The lowest BCUT2D eigenvalue weighted by molar-refractivity contribution is 0.163. The number of hydrogen-bond donors (Lipinski definition) is 1. The van der Waals surface area contributed by atoms with Gasteiger partial charge in [0.25, 0.3) is 0 Å². The summed E-state index contributed by atoms with van der Waals surface area (Å²) in [6.07, 6.45) is 1.91. The molecule has 5 heteroatoms. The monoisotopic (exact) mass is 266 g/mol. The van der Waals surface area contributed by atoms with Gasteiger partial charge < -0.3 is 20.1 Å². The van der Waals surface area contributed by atoms with Gasteiger partial charge in [-0.1, -0.05) is 0 Å². The first kappa shape index (κ1) is 12.7. The van der Waals surface area contributed by atoms with Gasteiger partial charge >= 0.3 is 0 Å². The van der Waals surface area contributed by atoms with E-state index in [4.69, 9.17) is 15.2 Å². The van der Waals surface area contributed by atoms with Crippen LogP contribution in [0.4, 0.5) is 4.39 Å². The Morgan fingerprint density at radius 3 is 2.79 bits per heavy atom. The van der Waals surface area contributed by atoms with Gasteiger partial charge in [0.05, 0.1) is 0 Å². The number of halogens is 1. The lowest BCUT2D eigenvalue weighted by atomic mass is 10.0. The summed E-state index contributed by atoms with van der Waals surface area (Å²) in [6.45, 7) is 4.00. The van der Waals surface area contributed by atoms with Crippen molar-refractivity contribution in [2.75, 3.05) is 32.8 Å². The molecule has 3 rings (SSSR count). The molecule has 4 nitrogen and oxygen atoms in total. The Morgan fingerprint density at radius 1 is 1.26 bits per heavy atom. The minimum Gasteiger partial charge on any atom is -0.486 e. The highest BCUT2D eigenvalue weighted by Gasteiger charge is 2.20. The van der Waals surface area contributed by atoms with Crippen LogP contribution in [0.15, 0.2) is 12.1 Å². The van der Waals surface area contributed by atoms with Gasteiger partial charge in [0.1, 0.15) is 13.2 Å². The Morgan fingerprint density at radius 2 is 2.05 bits per heavy atom. The topological polar surface area (TPSA) is 47.7 Å². The molecule has 0 bridgehead atoms. The van der Waals surface area contributed by atoms with Crippen molar-refractivity contribution in [2.45, 2.75) is 18.9 Å². The van der Waals surface area contributed by atoms with E-state index in [1.54, 1.807) is 0 Å². The van der Waals surface area contributed by atoms with Gasteiger partial charge in [-0.15, -0.1) is 0 Å². The summed E-state index contributed by atoms with van der Waals surface area (Å²) >= 11 is 0. The first-order valence-corrected chi connectivity index (χ1v) is 6.78. The van der Waals surface area contributed by atoms with Crippen molar-refractivity contribution >= 4 is 0 Å². The molecule has 104 valence electrons. The lowest BCUT2D eigenvalue weighted by Crippen LogP contribution is -2.45. The molecule has 0 spiro atoms. The number of ether oxygens (including phenoxy) is 2. The molecule has 19 heavy (non-hydrogen) atoms. The molecular weight excluding hydrogens is 247 g/mol. The molecule has 0 aromatic heterocycles. The van der Waals surface area contributed by atoms with Crippen LogP contribution in [0, 0.1) is 5.82 Å². The Balaban J connectivity index is 1.68. The molecule has 0 aliphatic carbocycles. The molecule has 1 aromatic carbocycles. The van der Waals surface area contributed by atoms with E-state index >= 15 is 0 Å². The highest BCUT2D eigenvalue weighted by molar-refractivity contribution is 5.45. The van der Waals surface area contributed by atoms with Gasteiger partial charge in [-0.3, -0.25) is 0 Å². The fraction of sp³-hybridized carbons (Fsp3) is 0.571. The molecule has 0 radical (unpaired) electrons. The molecule has 0 amide bonds. The number of fused-ring (bicyclic) bond motifs is 1. The van der Waals surface area contributed by atoms with Crippen molar-refractivity contribution < 1.29 is 13.9 Å². The number of likely N-dealkylation sites (tertiary alicyclic amines) is 1. The van der Waals surface area contributed by atoms with E-state index in [2.05, 4.69) is 4.90 Å². The van der Waals surface area contributed by atoms with Crippen molar-refractivity contribution in [3.63, 3.8) is 0 Å². The zero-order chi connectivity index (χ0) is 13.2. The molecule has 2 aliphatic rings. The van der Waals surface area contributed by atoms with Gasteiger partial charge in [-0.2, -0.15) is 0 Å². The van der Waals surface area contributed by atoms with Crippen LogP contribution in [-0.2, 0) is 6.42 Å². The quantitative estimate of drug-likeness (QED) is 0.889. The molecule has 2 N–H and O–H groups in total. The summed E-state index contributed by atoms with van der Waals surface area (Å²) in [7, 11) is 0. The van der Waals surface area contributed by atoms with Gasteiger partial charge in [-0.05, 0) is 43.6 Å². The van der Waals surface area contributed by atoms with Gasteiger partial charge in [0, 0.05) is 12.6 Å². The standard InChI is InChI=1S/C14H19FN2O2/c15-12-7-10(6-11(16)9-17-2-1-3-17)8-13-14(12)19-5-4-18-13/h7-8,11H,1-6,9,16H2/t11-/m0/s1. The third-order valence-electron chi connectivity index (χ3n) is 3.60. The van der Waals surface area contributed by atoms with Crippen LogP contribution in [0.5, 0.6) is 11.5 Å². The second-order valence-corrected chi connectivity index (χ2v) is 5.22. The number of nitrogens with zero attached hydrogens (tertiary/aromatic N) is 1. The van der Waals surface area contributed by atoms with Gasteiger partial charge in [0.2, 0.25) is 0 Å². The van der Waals surface area contributed by atoms with Crippen LogP contribution in [0.25, 0.3) is 0 Å². The Labute approximate surface area is 112 Å². The third kappa shape index (κ3) is 2.82. The summed E-state index contributed by atoms with van der Waals surface area (Å²) in [5, 5.41) is 0. The van der Waals surface area contributed by atoms with E-state index in [-0.39, 0.29) is 17.6 Å². The highest BCUT2D eigenvalue weighted by Crippen LogP contribution is 2.34. The Kier molecular flexibility index (Phi) is 3.57. The smallest absolute Gasteiger partial charge is 0.197 e. The zero-order valence-electron chi connectivity index (χ0n) is 10.9. The van der Waals surface area contributed by atoms with E-state index in [0.717, 1.165) is 25.2 Å². The lowest BCUT2D eigenvalue weighted by Gasteiger charge is -2.33. The average molecular weight is 266 g/mol. The molecule has 0 saturated carbocycles. The highest BCUT2D eigenvalue weighted by atomic mass is 19.1. The van der Waals surface area contributed by atoms with Crippen LogP contribution in [0.1, 0.15) is 12.0 Å². The maximum Gasteiger partial charge on any atom is 0.197 e. The summed E-state index contributed by atoms with van der Waals surface area (Å²) in [4.78, 5) is 2.32. The van der Waals surface area contributed by atoms with Crippen molar-refractivity contribution in [1.82, 2.24) is 4.90 Å². The largest absolute Gasteiger partial charge is 0.486 e. The van der Waals surface area contributed by atoms with Crippen molar-refractivity contribution in [1.29, 1.82) is 0 Å². The zero-order valence-corrected chi connectivity index (χ0v) is 10.9. The van der Waals surface area contributed by atoms with E-state index in [0.29, 0.717) is 25.4 Å². The van der Waals surface area contributed by atoms with E-state index in [1.165, 1.54) is 12.5 Å². The maximum atomic E-state index is 13.9. The van der Waals surface area contributed by atoms with Crippen molar-refractivity contribution in [3.8, 4) is 11.5 Å². The van der Waals surface area contributed by atoms with Gasteiger partial charge in [-0.25, -0.2) is 4.39 Å². The molecule has 2 aliphatic heterocycles. The second kappa shape index (κ2) is 5.35. The number of hydrogen-bond acceptors (Lipinski definition) is 4. The Bertz CT molecular complexity index is 463. The van der Waals surface area contributed by atoms with E-state index < -0.39 is 0 Å². The minimum absolute atomic E-state index is 0.0299. The van der Waals surface area contributed by atoms with Crippen LogP contribution in [0.2, 0.25) is 0 Å². The van der Waals surface area contributed by atoms with Crippen LogP contribution >= 0.6 is 0 Å². The molecule has 1 fully saturated rings. The minimum atomic E-state index is -0.358. The van der Waals surface area contributed by atoms with Crippen LogP contribution in [0.3, 0.4) is 0 Å². The first-order valence-electron chi connectivity index (χ1n) is 6.78. The van der Waals surface area contributed by atoms with Crippen molar-refractivity contribution in [3.05, 3.63) is 23.5 Å². The average Bonchev–Trinajstić information content (AvgIpc) is 2.34. The Hall–Kier alpha value is -1.33. The summed E-state index contributed by atoms with van der Waals surface area (Å²) in [6, 6.07) is 3.37. The van der Waals surface area contributed by atoms with E-state index in [1.807, 2.05) is 6.07 Å². The van der Waals surface area contributed by atoms with Crippen molar-refractivity contribution in [2.24, 2.45) is 5.73 Å². The van der Waals surface area contributed by atoms with Crippen LogP contribution in [-0.4, -0.2) is 43.8 Å². The first-order chi connectivity index (χ1) is 9.22. The fourth-order valence-electron chi connectivity index (χ4n) is 2.55. The predicted molar refractivity (Wildman–Crippen MR) is 70.1 cm³/mol. The predicted octanol–water partition coefficient (Wildman–Crippen LogP) is 1.17. The fourth-order valence-corrected chi connectivity index (χ4v) is 2.55. The molecule has 1 aromatic rings. The number of nitrogens with two attached hydrogens (primary N) is 1. The van der Waals surface area contributed by atoms with Gasteiger partial charge in [0.15, 0.2) is 17.3 Å². The summed E-state index contributed by atoms with van der Waals surface area (Å²) in [5.41, 5.74) is 6.98. The molecule has 2 heterocycles. The summed E-state index contributed by atoms with van der Waals surface area (Å²) < 4.78 is 24.6. The number of benzene rings is 1. The normalized spacial score (nSPS) is 19.9. The molecule has 0 unspecified atom stereocenters. The molecule has 1 atom stereocenters. The number of rotatable bonds is 4. The van der Waals surface area contributed by atoms with Crippen LogP contribution < -0.4 is 15.2 Å². The molecule has 1 saturated heterocycles. The second-order valence-electron chi connectivity index (χ2n) is 5.22. The molecular formula is C14H19FN2O2. The van der Waals surface area contributed by atoms with E-state index in [9.17, 15) is 4.39 Å². The third-order valence-corrected chi connectivity index (χ3v) is 3.60. The SMILES string of the molecule is N[C@@H](Cc1cc(F)c2c(c1)OCCO2)CN1CCC1.